The molecule has 3 saturated heterocycles. The van der Waals surface area contributed by atoms with Crippen molar-refractivity contribution >= 4 is 33.4 Å². The molecule has 0 unspecified atom stereocenters. The molecular formula is C20H27FN4O5S. The Morgan fingerprint density at radius 2 is 2.06 bits per heavy atom. The van der Waals surface area contributed by atoms with E-state index >= 15 is 4.39 Å². The van der Waals surface area contributed by atoms with Gasteiger partial charge in [-0.25, -0.2) is 17.6 Å². The van der Waals surface area contributed by atoms with Gasteiger partial charge in [-0.2, -0.15) is 4.31 Å². The number of sulfonamides is 1. The normalized spacial score (nSPS) is 26.7. The van der Waals surface area contributed by atoms with Crippen LogP contribution in [0.2, 0.25) is 0 Å². The smallest absolute Gasteiger partial charge is 0.414 e. The second kappa shape index (κ2) is 8.27. The van der Waals surface area contributed by atoms with Gasteiger partial charge in [-0.1, -0.05) is 0 Å². The summed E-state index contributed by atoms with van der Waals surface area (Å²) >= 11 is 0. The number of rotatable bonds is 5. The number of ether oxygens (including phenoxy) is 1. The topological polar surface area (TPSA) is 99.3 Å². The molecule has 0 radical (unpaired) electrons. The molecule has 0 spiro atoms. The summed E-state index contributed by atoms with van der Waals surface area (Å²) in [7, 11) is -3.31. The molecule has 1 aromatic carbocycles. The van der Waals surface area contributed by atoms with Crippen LogP contribution in [0.15, 0.2) is 18.2 Å². The van der Waals surface area contributed by atoms with Crippen molar-refractivity contribution in [1.29, 1.82) is 0 Å². The molecule has 0 saturated carbocycles. The zero-order valence-electron chi connectivity index (χ0n) is 17.6. The molecule has 4 rings (SSSR count). The zero-order chi connectivity index (χ0) is 22.3. The lowest BCUT2D eigenvalue weighted by Crippen LogP contribution is -2.47. The third kappa shape index (κ3) is 4.47. The van der Waals surface area contributed by atoms with Crippen molar-refractivity contribution in [1.82, 2.24) is 9.62 Å². The number of carbonyl (C=O) groups is 2. The molecule has 3 atom stereocenters. The van der Waals surface area contributed by atoms with Gasteiger partial charge in [0.05, 0.1) is 30.7 Å². The first-order valence-electron chi connectivity index (χ1n) is 10.4. The minimum atomic E-state index is -3.31. The van der Waals surface area contributed by atoms with Crippen molar-refractivity contribution in [2.24, 2.45) is 5.92 Å². The van der Waals surface area contributed by atoms with Crippen LogP contribution in [0.5, 0.6) is 0 Å². The molecule has 1 N–H and O–H groups in total. The molecule has 0 aromatic heterocycles. The molecule has 3 heterocycles. The Bertz CT molecular complexity index is 988. The van der Waals surface area contributed by atoms with Crippen molar-refractivity contribution in [3.8, 4) is 0 Å². The van der Waals surface area contributed by atoms with E-state index < -0.39 is 28.0 Å². The van der Waals surface area contributed by atoms with Crippen LogP contribution in [0.25, 0.3) is 0 Å². The molecule has 0 aliphatic carbocycles. The minimum Gasteiger partial charge on any atom is -0.442 e. The number of amides is 2. The van der Waals surface area contributed by atoms with Crippen LogP contribution in [0, 0.1) is 11.7 Å². The fraction of sp³-hybridized carbons (Fsp3) is 0.600. The third-order valence-corrected chi connectivity index (χ3v) is 7.50. The summed E-state index contributed by atoms with van der Waals surface area (Å²) < 4.78 is 46.1. The average Bonchev–Trinajstić information content (AvgIpc) is 3.28. The predicted molar refractivity (Wildman–Crippen MR) is 113 cm³/mol. The van der Waals surface area contributed by atoms with Crippen molar-refractivity contribution in [2.75, 3.05) is 48.8 Å². The maximum absolute atomic E-state index is 15.0. The Labute approximate surface area is 181 Å². The molecule has 3 aliphatic rings. The van der Waals surface area contributed by atoms with E-state index in [1.165, 1.54) is 24.1 Å². The SMILES string of the molecule is CC(=O)NC[C@H]1CN(c2ccc(N3C[C@@H]4CCCN(S(C)(=O)=O)[C@@H]4C3)c(F)c2)C(=O)O1. The Morgan fingerprint density at radius 1 is 1.29 bits per heavy atom. The Balaban J connectivity index is 1.47. The van der Waals surface area contributed by atoms with Crippen molar-refractivity contribution < 1.29 is 27.1 Å². The second-order valence-corrected chi connectivity index (χ2v) is 10.4. The summed E-state index contributed by atoms with van der Waals surface area (Å²) in [6, 6.07) is 4.44. The Kier molecular flexibility index (Phi) is 5.82. The highest BCUT2D eigenvalue weighted by Crippen LogP contribution is 2.36. The lowest BCUT2D eigenvalue weighted by atomic mass is 9.94. The average molecular weight is 455 g/mol. The lowest BCUT2D eigenvalue weighted by Gasteiger charge is -2.34. The van der Waals surface area contributed by atoms with Crippen LogP contribution in [0.3, 0.4) is 0 Å². The van der Waals surface area contributed by atoms with Crippen molar-refractivity contribution in [3.63, 3.8) is 0 Å². The second-order valence-electron chi connectivity index (χ2n) is 8.44. The minimum absolute atomic E-state index is 0.147. The monoisotopic (exact) mass is 454 g/mol. The summed E-state index contributed by atoms with van der Waals surface area (Å²) in [4.78, 5) is 26.5. The number of cyclic esters (lactones) is 1. The Hall–Kier alpha value is -2.40. The van der Waals surface area contributed by atoms with Gasteiger partial charge in [-0.15, -0.1) is 0 Å². The number of halogens is 1. The van der Waals surface area contributed by atoms with E-state index in [0.717, 1.165) is 12.8 Å². The number of piperidine rings is 1. The van der Waals surface area contributed by atoms with E-state index in [1.54, 1.807) is 16.4 Å². The van der Waals surface area contributed by atoms with Gasteiger partial charge in [0.1, 0.15) is 11.9 Å². The first-order valence-corrected chi connectivity index (χ1v) is 12.2. The summed E-state index contributed by atoms with van der Waals surface area (Å²) in [5.41, 5.74) is 0.778. The lowest BCUT2D eigenvalue weighted by molar-refractivity contribution is -0.119. The van der Waals surface area contributed by atoms with Gasteiger partial charge < -0.3 is 15.0 Å². The molecule has 0 bridgehead atoms. The van der Waals surface area contributed by atoms with Crippen LogP contribution in [-0.4, -0.2) is 75.8 Å². The maximum atomic E-state index is 15.0. The third-order valence-electron chi connectivity index (χ3n) is 6.19. The molecule has 3 fully saturated rings. The number of carbonyl (C=O) groups excluding carboxylic acids is 2. The number of fused-ring (bicyclic) bond motifs is 1. The summed E-state index contributed by atoms with van der Waals surface area (Å²) in [6.45, 7) is 3.34. The van der Waals surface area contributed by atoms with E-state index in [-0.39, 0.29) is 31.0 Å². The summed E-state index contributed by atoms with van der Waals surface area (Å²) in [5, 5.41) is 2.61. The van der Waals surface area contributed by atoms with Crippen molar-refractivity contribution in [3.05, 3.63) is 24.0 Å². The van der Waals surface area contributed by atoms with Crippen LogP contribution < -0.4 is 15.1 Å². The number of anilines is 2. The molecule has 9 nitrogen and oxygen atoms in total. The van der Waals surface area contributed by atoms with E-state index in [4.69, 9.17) is 4.74 Å². The fourth-order valence-electron chi connectivity index (χ4n) is 4.76. The van der Waals surface area contributed by atoms with Gasteiger partial charge in [-0.05, 0) is 37.0 Å². The Morgan fingerprint density at radius 3 is 2.74 bits per heavy atom. The van der Waals surface area contributed by atoms with Gasteiger partial charge in [0.2, 0.25) is 15.9 Å². The molecule has 11 heteroatoms. The predicted octanol–water partition coefficient (Wildman–Crippen LogP) is 1.15. The zero-order valence-corrected chi connectivity index (χ0v) is 18.4. The highest BCUT2D eigenvalue weighted by molar-refractivity contribution is 7.88. The standard InChI is InChI=1S/C20H27FN4O5S/c1-13(26)22-9-16-11-24(20(27)30-16)15-5-6-18(17(21)8-15)23-10-14-4-3-7-25(19(14)12-23)31(2,28)29/h5-6,8,14,16,19H,3-4,7,9-12H2,1-2H3,(H,22,26)/t14-,16-,19+/m0/s1. The van der Waals surface area contributed by atoms with E-state index in [1.807, 2.05) is 4.90 Å². The number of hydrogen-bond donors (Lipinski definition) is 1. The van der Waals surface area contributed by atoms with E-state index in [2.05, 4.69) is 5.32 Å². The number of nitrogens with one attached hydrogen (secondary N) is 1. The molecule has 3 aliphatic heterocycles. The molecule has 170 valence electrons. The quantitative estimate of drug-likeness (QED) is 0.717. The highest BCUT2D eigenvalue weighted by atomic mass is 32.2. The summed E-state index contributed by atoms with van der Waals surface area (Å²) in [6.07, 6.45) is 1.87. The maximum Gasteiger partial charge on any atom is 0.414 e. The number of benzene rings is 1. The molecular weight excluding hydrogens is 427 g/mol. The van der Waals surface area contributed by atoms with Crippen molar-refractivity contribution in [2.45, 2.75) is 31.9 Å². The molecule has 31 heavy (non-hydrogen) atoms. The summed E-state index contributed by atoms with van der Waals surface area (Å²) in [5.74, 6) is -0.517. The largest absolute Gasteiger partial charge is 0.442 e. The first-order chi connectivity index (χ1) is 14.6. The fourth-order valence-corrected chi connectivity index (χ4v) is 5.96. The van der Waals surface area contributed by atoms with Crippen LogP contribution in [0.1, 0.15) is 19.8 Å². The van der Waals surface area contributed by atoms with Gasteiger partial charge in [0.15, 0.2) is 0 Å². The molecule has 1 aromatic rings. The van der Waals surface area contributed by atoms with E-state index in [9.17, 15) is 18.0 Å². The van der Waals surface area contributed by atoms with Crippen LogP contribution in [0.4, 0.5) is 20.6 Å². The first kappa shape index (κ1) is 21.8. The van der Waals surface area contributed by atoms with Gasteiger partial charge in [0.25, 0.3) is 0 Å². The van der Waals surface area contributed by atoms with Gasteiger partial charge in [0, 0.05) is 32.6 Å². The van der Waals surface area contributed by atoms with Crippen LogP contribution >= 0.6 is 0 Å². The van der Waals surface area contributed by atoms with Crippen LogP contribution in [-0.2, 0) is 19.6 Å². The van der Waals surface area contributed by atoms with Gasteiger partial charge in [-0.3, -0.25) is 9.69 Å². The van der Waals surface area contributed by atoms with Gasteiger partial charge >= 0.3 is 6.09 Å². The highest BCUT2D eigenvalue weighted by Gasteiger charge is 2.43. The molecule has 2 amide bonds. The number of nitrogens with zero attached hydrogens (tertiary/aromatic N) is 3. The number of hydrogen-bond acceptors (Lipinski definition) is 6. The van der Waals surface area contributed by atoms with E-state index in [0.29, 0.717) is 31.0 Å².